The molecule has 1 aliphatic heterocycles. The highest BCUT2D eigenvalue weighted by Crippen LogP contribution is 2.26. The van der Waals surface area contributed by atoms with E-state index in [1.165, 1.54) is 11.1 Å². The van der Waals surface area contributed by atoms with Crippen LogP contribution in [-0.4, -0.2) is 39.7 Å². The van der Waals surface area contributed by atoms with Crippen LogP contribution < -0.4 is 4.74 Å². The molecule has 1 fully saturated rings. The van der Waals surface area contributed by atoms with Crippen molar-refractivity contribution < 1.29 is 9.26 Å². The second-order valence-electron chi connectivity index (χ2n) is 7.39. The van der Waals surface area contributed by atoms with E-state index >= 15 is 0 Å². The third-order valence-electron chi connectivity index (χ3n) is 5.08. The first kappa shape index (κ1) is 18.6. The average Bonchev–Trinajstić information content (AvgIpc) is 3.18. The number of likely N-dealkylation sites (tertiary alicyclic amines) is 1. The Hall–Kier alpha value is -2.73. The van der Waals surface area contributed by atoms with Gasteiger partial charge in [-0.25, -0.2) is 0 Å². The Morgan fingerprint density at radius 1 is 1.21 bits per heavy atom. The molecule has 3 aromatic rings. The third kappa shape index (κ3) is 4.95. The van der Waals surface area contributed by atoms with E-state index in [1.807, 2.05) is 30.6 Å². The lowest BCUT2D eigenvalue weighted by Gasteiger charge is -2.30. The van der Waals surface area contributed by atoms with Crippen molar-refractivity contribution in [1.82, 2.24) is 20.0 Å². The zero-order valence-corrected chi connectivity index (χ0v) is 16.3. The van der Waals surface area contributed by atoms with Crippen LogP contribution in [0.5, 0.6) is 5.75 Å². The fraction of sp³-hybridized carbons (Fsp3) is 0.409. The van der Waals surface area contributed by atoms with Crippen molar-refractivity contribution >= 4 is 0 Å². The molecule has 1 atom stereocenters. The maximum Gasteiger partial charge on any atom is 0.231 e. The third-order valence-corrected chi connectivity index (χ3v) is 5.08. The topological polar surface area (TPSA) is 64.3 Å². The first-order valence-corrected chi connectivity index (χ1v) is 9.89. The van der Waals surface area contributed by atoms with E-state index in [1.54, 1.807) is 0 Å². The molecule has 1 unspecified atom stereocenters. The molecule has 6 nitrogen and oxygen atoms in total. The van der Waals surface area contributed by atoms with Gasteiger partial charge in [0, 0.05) is 31.9 Å². The summed E-state index contributed by atoms with van der Waals surface area (Å²) in [5, 5.41) is 4.16. The highest BCUT2D eigenvalue weighted by molar-refractivity contribution is 5.27. The van der Waals surface area contributed by atoms with Crippen LogP contribution in [0.2, 0.25) is 0 Å². The molecule has 146 valence electrons. The number of hydrogen-bond donors (Lipinski definition) is 0. The minimum atomic E-state index is 0.300. The quantitative estimate of drug-likeness (QED) is 0.623. The Bertz CT molecular complexity index is 881. The Balaban J connectivity index is 1.29. The standard InChI is InChI=1S/C22H26N4O2/c1-17-4-2-6-20(14-17)27-13-9-21-24-22(28-25-21)19-5-3-12-26(16-19)15-18-7-10-23-11-8-18/h2,4,6-8,10-11,14,19H,3,5,9,12-13,15-16H2,1H3. The molecule has 0 saturated carbocycles. The van der Waals surface area contributed by atoms with E-state index in [-0.39, 0.29) is 0 Å². The molecular weight excluding hydrogens is 352 g/mol. The minimum absolute atomic E-state index is 0.300. The van der Waals surface area contributed by atoms with Crippen molar-refractivity contribution in [2.75, 3.05) is 19.7 Å². The second kappa shape index (κ2) is 8.97. The fourth-order valence-electron chi connectivity index (χ4n) is 3.65. The van der Waals surface area contributed by atoms with Crippen LogP contribution in [0.15, 0.2) is 53.3 Å². The number of pyridine rings is 1. The number of benzene rings is 1. The van der Waals surface area contributed by atoms with Crippen molar-refractivity contribution in [2.45, 2.75) is 38.6 Å². The number of hydrogen-bond acceptors (Lipinski definition) is 6. The summed E-state index contributed by atoms with van der Waals surface area (Å²) in [6.07, 6.45) is 6.57. The SMILES string of the molecule is Cc1cccc(OCCc2noc(C3CCCN(Cc4ccncc4)C3)n2)c1. The Morgan fingerprint density at radius 2 is 2.11 bits per heavy atom. The number of aromatic nitrogens is 3. The van der Waals surface area contributed by atoms with Crippen LogP contribution >= 0.6 is 0 Å². The molecule has 4 rings (SSSR count). The van der Waals surface area contributed by atoms with Crippen LogP contribution in [0, 0.1) is 6.92 Å². The van der Waals surface area contributed by atoms with E-state index in [0.717, 1.165) is 44.1 Å². The van der Waals surface area contributed by atoms with Crippen molar-refractivity contribution in [3.8, 4) is 5.75 Å². The smallest absolute Gasteiger partial charge is 0.231 e. The lowest BCUT2D eigenvalue weighted by molar-refractivity contribution is 0.180. The molecule has 0 spiro atoms. The maximum atomic E-state index is 5.79. The largest absolute Gasteiger partial charge is 0.493 e. The molecule has 28 heavy (non-hydrogen) atoms. The number of piperidine rings is 1. The molecule has 0 radical (unpaired) electrons. The summed E-state index contributed by atoms with van der Waals surface area (Å²) in [6.45, 7) is 5.58. The molecule has 0 aliphatic carbocycles. The lowest BCUT2D eigenvalue weighted by atomic mass is 9.97. The van der Waals surface area contributed by atoms with Crippen molar-refractivity contribution in [2.24, 2.45) is 0 Å². The van der Waals surface area contributed by atoms with Gasteiger partial charge in [-0.05, 0) is 61.7 Å². The van der Waals surface area contributed by atoms with E-state index in [2.05, 4.69) is 45.1 Å². The monoisotopic (exact) mass is 378 g/mol. The van der Waals surface area contributed by atoms with E-state index in [0.29, 0.717) is 24.8 Å². The van der Waals surface area contributed by atoms with Crippen LogP contribution in [0.4, 0.5) is 0 Å². The van der Waals surface area contributed by atoms with Crippen molar-refractivity contribution in [3.63, 3.8) is 0 Å². The normalized spacial score (nSPS) is 17.5. The molecule has 2 aromatic heterocycles. The predicted octanol–water partition coefficient (Wildman–Crippen LogP) is 3.77. The van der Waals surface area contributed by atoms with Gasteiger partial charge in [0.2, 0.25) is 5.89 Å². The summed E-state index contributed by atoms with van der Waals surface area (Å²) in [5.41, 5.74) is 2.48. The maximum absolute atomic E-state index is 5.79. The van der Waals surface area contributed by atoms with E-state index in [9.17, 15) is 0 Å². The molecule has 1 saturated heterocycles. The van der Waals surface area contributed by atoms with Crippen LogP contribution in [0.3, 0.4) is 0 Å². The van der Waals surface area contributed by atoms with Crippen LogP contribution in [0.1, 0.15) is 41.6 Å². The Labute approximate surface area is 165 Å². The molecule has 0 bridgehead atoms. The number of rotatable bonds is 7. The number of nitrogens with zero attached hydrogens (tertiary/aromatic N) is 4. The highest BCUT2D eigenvalue weighted by atomic mass is 16.5. The Kier molecular flexibility index (Phi) is 5.97. The summed E-state index contributed by atoms with van der Waals surface area (Å²) in [7, 11) is 0. The second-order valence-corrected chi connectivity index (χ2v) is 7.39. The number of aryl methyl sites for hydroxylation is 1. The van der Waals surface area contributed by atoms with Crippen molar-refractivity contribution in [1.29, 1.82) is 0 Å². The summed E-state index contributed by atoms with van der Waals surface area (Å²) in [6, 6.07) is 12.2. The number of ether oxygens (including phenoxy) is 1. The summed E-state index contributed by atoms with van der Waals surface area (Å²) in [4.78, 5) is 11.2. The van der Waals surface area contributed by atoms with Gasteiger partial charge in [-0.3, -0.25) is 9.88 Å². The summed E-state index contributed by atoms with van der Waals surface area (Å²) < 4.78 is 11.4. The molecule has 6 heteroatoms. The first-order chi connectivity index (χ1) is 13.8. The Morgan fingerprint density at radius 3 is 2.96 bits per heavy atom. The van der Waals surface area contributed by atoms with Gasteiger partial charge in [0.1, 0.15) is 5.75 Å². The van der Waals surface area contributed by atoms with Gasteiger partial charge in [-0.2, -0.15) is 4.98 Å². The molecule has 1 aliphatic rings. The highest BCUT2D eigenvalue weighted by Gasteiger charge is 2.26. The van der Waals surface area contributed by atoms with E-state index in [4.69, 9.17) is 9.26 Å². The molecule has 0 amide bonds. The van der Waals surface area contributed by atoms with Crippen molar-refractivity contribution in [3.05, 3.63) is 71.6 Å². The summed E-state index contributed by atoms with van der Waals surface area (Å²) in [5.74, 6) is 2.65. The van der Waals surface area contributed by atoms with Crippen LogP contribution in [0.25, 0.3) is 0 Å². The van der Waals surface area contributed by atoms with Gasteiger partial charge in [0.25, 0.3) is 0 Å². The first-order valence-electron chi connectivity index (χ1n) is 9.89. The zero-order valence-electron chi connectivity index (χ0n) is 16.3. The van der Waals surface area contributed by atoms with Gasteiger partial charge in [0.05, 0.1) is 12.5 Å². The molecular formula is C22H26N4O2. The lowest BCUT2D eigenvalue weighted by Crippen LogP contribution is -2.34. The van der Waals surface area contributed by atoms with E-state index < -0.39 is 0 Å². The molecule has 3 heterocycles. The van der Waals surface area contributed by atoms with Gasteiger partial charge < -0.3 is 9.26 Å². The average molecular weight is 378 g/mol. The molecule has 0 N–H and O–H groups in total. The predicted molar refractivity (Wildman–Crippen MR) is 106 cm³/mol. The molecule has 1 aromatic carbocycles. The fourth-order valence-corrected chi connectivity index (χ4v) is 3.65. The van der Waals surface area contributed by atoms with Gasteiger partial charge in [-0.15, -0.1) is 0 Å². The van der Waals surface area contributed by atoms with Gasteiger partial charge in [0.15, 0.2) is 5.82 Å². The van der Waals surface area contributed by atoms with Crippen LogP contribution in [-0.2, 0) is 13.0 Å². The minimum Gasteiger partial charge on any atom is -0.493 e. The van der Waals surface area contributed by atoms with Gasteiger partial charge >= 0.3 is 0 Å². The summed E-state index contributed by atoms with van der Waals surface area (Å²) >= 11 is 0. The zero-order chi connectivity index (χ0) is 19.2. The van der Waals surface area contributed by atoms with Gasteiger partial charge in [-0.1, -0.05) is 17.3 Å².